The Morgan fingerprint density at radius 1 is 1.10 bits per heavy atom. The maximum absolute atomic E-state index is 4.76. The number of fused-ring (bicyclic) bond motifs is 1. The fourth-order valence-corrected chi connectivity index (χ4v) is 4.14. The highest BCUT2D eigenvalue weighted by Crippen LogP contribution is 2.16. The van der Waals surface area contributed by atoms with Gasteiger partial charge < -0.3 is 20.1 Å². The minimum absolute atomic E-state index is 0. The predicted molar refractivity (Wildman–Crippen MR) is 130 cm³/mol. The molecule has 0 aromatic carbocycles. The zero-order chi connectivity index (χ0) is 19.6. The summed E-state index contributed by atoms with van der Waals surface area (Å²) in [6.07, 6.45) is 9.57. The van der Waals surface area contributed by atoms with Gasteiger partial charge in [-0.15, -0.1) is 34.2 Å². The molecule has 3 rings (SSSR count). The number of aliphatic imine (C=N–C) groups is 1. The highest BCUT2D eigenvalue weighted by Gasteiger charge is 2.15. The van der Waals surface area contributed by atoms with Crippen LogP contribution in [0, 0.1) is 5.92 Å². The van der Waals surface area contributed by atoms with E-state index >= 15 is 0 Å². The van der Waals surface area contributed by atoms with Crippen molar-refractivity contribution in [1.82, 2.24) is 30.3 Å². The Balaban J connectivity index is 0.00000300. The van der Waals surface area contributed by atoms with Crippen molar-refractivity contribution in [3.63, 3.8) is 0 Å². The normalized spacial score (nSPS) is 18.6. The van der Waals surface area contributed by atoms with Crippen LogP contribution in [0.4, 0.5) is 0 Å². The van der Waals surface area contributed by atoms with Crippen LogP contribution < -0.4 is 10.6 Å². The van der Waals surface area contributed by atoms with E-state index < -0.39 is 0 Å². The van der Waals surface area contributed by atoms with Crippen LogP contribution >= 0.6 is 24.0 Å². The van der Waals surface area contributed by atoms with Crippen molar-refractivity contribution in [3.05, 3.63) is 11.6 Å². The molecule has 0 unspecified atom stereocenters. The van der Waals surface area contributed by atoms with E-state index in [0.717, 1.165) is 63.1 Å². The third-order valence-electron chi connectivity index (χ3n) is 5.95. The summed E-state index contributed by atoms with van der Waals surface area (Å²) in [5, 5.41) is 15.6. The molecule has 7 nitrogen and oxygen atoms in total. The lowest BCUT2D eigenvalue weighted by atomic mass is 9.99. The van der Waals surface area contributed by atoms with Crippen LogP contribution in [0.5, 0.6) is 0 Å². The smallest absolute Gasteiger partial charge is 0.191 e. The first-order valence-corrected chi connectivity index (χ1v) is 11.4. The number of aryl methyl sites for hydroxylation is 1. The molecule has 0 radical (unpaired) electrons. The standard InChI is InChI=1S/C21H39N7.HI/c1-3-22-21(23-12-7-14-27-16-10-18(2)11-17-27)24-13-9-20-26-25-19-8-5-4-6-15-28(19)20;/h18H,3-17H2,1-2H3,(H2,22,23,24);1H. The molecular formula is C21H40IN7. The number of piperidine rings is 1. The Morgan fingerprint density at radius 3 is 2.72 bits per heavy atom. The highest BCUT2D eigenvalue weighted by molar-refractivity contribution is 14.0. The number of aromatic nitrogens is 3. The van der Waals surface area contributed by atoms with Gasteiger partial charge in [0.2, 0.25) is 0 Å². The second-order valence-electron chi connectivity index (χ2n) is 8.31. The van der Waals surface area contributed by atoms with Gasteiger partial charge in [-0.05, 0) is 64.6 Å². The average molecular weight is 518 g/mol. The van der Waals surface area contributed by atoms with Gasteiger partial charge in [-0.2, -0.15) is 0 Å². The third-order valence-corrected chi connectivity index (χ3v) is 5.95. The van der Waals surface area contributed by atoms with Gasteiger partial charge in [0.25, 0.3) is 0 Å². The van der Waals surface area contributed by atoms with Crippen molar-refractivity contribution in [2.24, 2.45) is 10.9 Å². The van der Waals surface area contributed by atoms with Crippen LogP contribution in [0.2, 0.25) is 0 Å². The van der Waals surface area contributed by atoms with Crippen LogP contribution in [0.15, 0.2) is 4.99 Å². The monoisotopic (exact) mass is 517 g/mol. The summed E-state index contributed by atoms with van der Waals surface area (Å²) in [4.78, 5) is 7.35. The molecule has 2 aliphatic rings. The fourth-order valence-electron chi connectivity index (χ4n) is 4.14. The molecule has 0 amide bonds. The number of rotatable bonds is 8. The SMILES string of the molecule is CCNC(=NCCCN1CCC(C)CC1)NCCc1nnc2n1CCCCC2.I. The molecule has 1 fully saturated rings. The van der Waals surface area contributed by atoms with Crippen LogP contribution in [-0.2, 0) is 19.4 Å². The number of guanidine groups is 1. The van der Waals surface area contributed by atoms with Crippen molar-refractivity contribution < 1.29 is 0 Å². The topological polar surface area (TPSA) is 70.4 Å². The molecule has 8 heteroatoms. The third kappa shape index (κ3) is 8.03. The van der Waals surface area contributed by atoms with Gasteiger partial charge in [0.1, 0.15) is 11.6 Å². The van der Waals surface area contributed by atoms with Crippen LogP contribution in [-0.4, -0.2) is 64.9 Å². The number of hydrogen-bond acceptors (Lipinski definition) is 4. The van der Waals surface area contributed by atoms with Crippen LogP contribution in [0.1, 0.15) is 64.0 Å². The highest BCUT2D eigenvalue weighted by atomic mass is 127. The maximum Gasteiger partial charge on any atom is 0.191 e. The van der Waals surface area contributed by atoms with Gasteiger partial charge in [-0.3, -0.25) is 4.99 Å². The molecule has 0 bridgehead atoms. The Hall–Kier alpha value is -0.900. The van der Waals surface area contributed by atoms with Crippen molar-refractivity contribution in [1.29, 1.82) is 0 Å². The quantitative estimate of drug-likeness (QED) is 0.240. The van der Waals surface area contributed by atoms with E-state index in [0.29, 0.717) is 0 Å². The van der Waals surface area contributed by atoms with Gasteiger partial charge in [-0.1, -0.05) is 13.3 Å². The van der Waals surface area contributed by atoms with Crippen molar-refractivity contribution in [2.45, 2.75) is 71.8 Å². The summed E-state index contributed by atoms with van der Waals surface area (Å²) >= 11 is 0. The van der Waals surface area contributed by atoms with Gasteiger partial charge >= 0.3 is 0 Å². The second-order valence-corrected chi connectivity index (χ2v) is 8.31. The number of likely N-dealkylation sites (tertiary alicyclic amines) is 1. The first kappa shape index (κ1) is 24.4. The second kappa shape index (κ2) is 13.4. The molecule has 1 saturated heterocycles. The number of nitrogens with one attached hydrogen (secondary N) is 2. The van der Waals surface area contributed by atoms with Crippen LogP contribution in [0.3, 0.4) is 0 Å². The minimum atomic E-state index is 0. The van der Waals surface area contributed by atoms with E-state index in [1.54, 1.807) is 0 Å². The molecular weight excluding hydrogens is 477 g/mol. The summed E-state index contributed by atoms with van der Waals surface area (Å²) < 4.78 is 2.33. The number of halogens is 1. The van der Waals surface area contributed by atoms with Crippen molar-refractivity contribution >= 4 is 29.9 Å². The van der Waals surface area contributed by atoms with Gasteiger partial charge in [0.05, 0.1) is 0 Å². The summed E-state index contributed by atoms with van der Waals surface area (Å²) in [6.45, 7) is 11.8. The molecule has 0 aliphatic carbocycles. The summed E-state index contributed by atoms with van der Waals surface area (Å²) in [6, 6.07) is 0. The zero-order valence-electron chi connectivity index (χ0n) is 18.3. The first-order valence-electron chi connectivity index (χ1n) is 11.4. The lowest BCUT2D eigenvalue weighted by molar-refractivity contribution is 0.192. The molecule has 2 aliphatic heterocycles. The molecule has 1 aromatic heterocycles. The Labute approximate surface area is 193 Å². The maximum atomic E-state index is 4.76. The van der Waals surface area contributed by atoms with Gasteiger partial charge in [0.15, 0.2) is 5.96 Å². The first-order chi connectivity index (χ1) is 13.8. The molecule has 0 spiro atoms. The summed E-state index contributed by atoms with van der Waals surface area (Å²) in [7, 11) is 0. The molecule has 0 saturated carbocycles. The largest absolute Gasteiger partial charge is 0.357 e. The van der Waals surface area contributed by atoms with Gasteiger partial charge in [0, 0.05) is 39.0 Å². The minimum Gasteiger partial charge on any atom is -0.357 e. The van der Waals surface area contributed by atoms with Crippen molar-refractivity contribution in [3.8, 4) is 0 Å². The lowest BCUT2D eigenvalue weighted by Crippen LogP contribution is -2.39. The van der Waals surface area contributed by atoms with E-state index in [2.05, 4.69) is 44.1 Å². The van der Waals surface area contributed by atoms with Gasteiger partial charge in [-0.25, -0.2) is 0 Å². The summed E-state index contributed by atoms with van der Waals surface area (Å²) in [5.41, 5.74) is 0. The number of nitrogens with zero attached hydrogens (tertiary/aromatic N) is 5. The Kier molecular flexibility index (Phi) is 11.3. The van der Waals surface area contributed by atoms with E-state index in [9.17, 15) is 0 Å². The molecule has 3 heterocycles. The molecule has 29 heavy (non-hydrogen) atoms. The number of hydrogen-bond donors (Lipinski definition) is 2. The van der Waals surface area contributed by atoms with Crippen molar-refractivity contribution in [2.75, 3.05) is 39.3 Å². The lowest BCUT2D eigenvalue weighted by Gasteiger charge is -2.29. The van der Waals surface area contributed by atoms with E-state index in [4.69, 9.17) is 4.99 Å². The van der Waals surface area contributed by atoms with Crippen LogP contribution in [0.25, 0.3) is 0 Å². The van der Waals surface area contributed by atoms with E-state index in [-0.39, 0.29) is 24.0 Å². The molecule has 166 valence electrons. The van der Waals surface area contributed by atoms with E-state index in [1.165, 1.54) is 57.6 Å². The molecule has 0 atom stereocenters. The average Bonchev–Trinajstić information content (AvgIpc) is 2.93. The Morgan fingerprint density at radius 2 is 1.93 bits per heavy atom. The fraction of sp³-hybridized carbons (Fsp3) is 0.857. The summed E-state index contributed by atoms with van der Waals surface area (Å²) in [5.74, 6) is 4.10. The Bertz CT molecular complexity index is 608. The molecule has 2 N–H and O–H groups in total. The molecule has 1 aromatic rings. The predicted octanol–water partition coefficient (Wildman–Crippen LogP) is 2.84. The zero-order valence-corrected chi connectivity index (χ0v) is 20.7. The van der Waals surface area contributed by atoms with E-state index in [1.807, 2.05) is 0 Å².